The standard InChI is InChI=1S/C33H31N3O4/c1-21(2)25-17-10-12-22(3)28(25)20-34-33(39)36-31(37)26-18-11-19-27(29(26)35-36)32(38)40-30(23-13-6-4-7-14-23)24-15-8-5-9-16-24/h4-19,21,30,35H,20H2,1-3H3,(H,34,39). The first-order valence-electron chi connectivity index (χ1n) is 13.3. The van der Waals surface area contributed by atoms with Crippen molar-refractivity contribution in [2.24, 2.45) is 0 Å². The van der Waals surface area contributed by atoms with Crippen molar-refractivity contribution in [1.82, 2.24) is 15.1 Å². The number of carbonyl (C=O) groups excluding carboxylic acids is 2. The minimum Gasteiger partial charge on any atom is -0.449 e. The van der Waals surface area contributed by atoms with Gasteiger partial charge in [-0.05, 0) is 52.8 Å². The number of nitrogens with zero attached hydrogens (tertiary/aromatic N) is 1. The molecule has 5 aromatic rings. The van der Waals surface area contributed by atoms with Crippen molar-refractivity contribution in [3.05, 3.63) is 141 Å². The number of aromatic nitrogens is 2. The highest BCUT2D eigenvalue weighted by Crippen LogP contribution is 2.28. The second kappa shape index (κ2) is 11.5. The molecule has 0 aliphatic rings. The van der Waals surface area contributed by atoms with E-state index in [2.05, 4.69) is 24.3 Å². The molecular formula is C33H31N3O4. The van der Waals surface area contributed by atoms with Crippen LogP contribution in [0.1, 0.15) is 64.0 Å². The molecule has 7 heteroatoms. The summed E-state index contributed by atoms with van der Waals surface area (Å²) < 4.78 is 6.91. The van der Waals surface area contributed by atoms with Crippen molar-refractivity contribution in [2.75, 3.05) is 0 Å². The molecule has 0 fully saturated rings. The van der Waals surface area contributed by atoms with Crippen LogP contribution in [-0.2, 0) is 11.3 Å². The van der Waals surface area contributed by atoms with Crippen LogP contribution in [0.25, 0.3) is 10.9 Å². The third kappa shape index (κ3) is 5.31. The van der Waals surface area contributed by atoms with E-state index < -0.39 is 23.7 Å². The summed E-state index contributed by atoms with van der Waals surface area (Å²) in [6.07, 6.45) is -0.647. The number of esters is 1. The van der Waals surface area contributed by atoms with Gasteiger partial charge in [-0.1, -0.05) is 98.8 Å². The van der Waals surface area contributed by atoms with E-state index in [1.165, 1.54) is 0 Å². The minimum absolute atomic E-state index is 0.166. The Bertz CT molecular complexity index is 1680. The maximum absolute atomic E-state index is 13.5. The molecule has 1 aromatic heterocycles. The van der Waals surface area contributed by atoms with E-state index in [1.54, 1.807) is 18.2 Å². The summed E-state index contributed by atoms with van der Waals surface area (Å²) in [4.78, 5) is 39.8. The van der Waals surface area contributed by atoms with Crippen molar-refractivity contribution in [3.8, 4) is 0 Å². The fraction of sp³-hybridized carbons (Fsp3) is 0.182. The molecule has 0 saturated carbocycles. The third-order valence-corrected chi connectivity index (χ3v) is 7.06. The maximum Gasteiger partial charge on any atom is 0.343 e. The summed E-state index contributed by atoms with van der Waals surface area (Å²) in [5.74, 6) is -0.328. The molecule has 2 N–H and O–H groups in total. The summed E-state index contributed by atoms with van der Waals surface area (Å²) in [6, 6.07) is 29.1. The molecular weight excluding hydrogens is 502 g/mol. The monoisotopic (exact) mass is 533 g/mol. The number of carbonyl (C=O) groups is 2. The average Bonchev–Trinajstić information content (AvgIpc) is 3.32. The Morgan fingerprint density at radius 1 is 0.850 bits per heavy atom. The number of aryl methyl sites for hydroxylation is 1. The highest BCUT2D eigenvalue weighted by atomic mass is 16.5. The lowest BCUT2D eigenvalue weighted by atomic mass is 9.94. The Morgan fingerprint density at radius 3 is 2.10 bits per heavy atom. The number of benzene rings is 4. The van der Waals surface area contributed by atoms with Crippen molar-refractivity contribution in [3.63, 3.8) is 0 Å². The lowest BCUT2D eigenvalue weighted by Crippen LogP contribution is -2.35. The summed E-state index contributed by atoms with van der Waals surface area (Å²) in [7, 11) is 0. The third-order valence-electron chi connectivity index (χ3n) is 7.06. The van der Waals surface area contributed by atoms with E-state index in [0.29, 0.717) is 0 Å². The van der Waals surface area contributed by atoms with Gasteiger partial charge < -0.3 is 10.1 Å². The Hall–Kier alpha value is -4.91. The van der Waals surface area contributed by atoms with Crippen LogP contribution in [0.15, 0.2) is 102 Å². The first kappa shape index (κ1) is 26.7. The Balaban J connectivity index is 1.44. The van der Waals surface area contributed by atoms with Crippen LogP contribution in [0.5, 0.6) is 0 Å². The number of para-hydroxylation sites is 1. The molecule has 5 rings (SSSR count). The van der Waals surface area contributed by atoms with Crippen molar-refractivity contribution >= 4 is 22.9 Å². The second-order valence-corrected chi connectivity index (χ2v) is 10.0. The summed E-state index contributed by atoms with van der Waals surface area (Å²) in [5, 5.41) is 5.92. The molecule has 0 saturated heterocycles. The number of ether oxygens (including phenoxy) is 1. The zero-order chi connectivity index (χ0) is 28.2. The SMILES string of the molecule is Cc1cccc(C(C)C)c1CNC(=O)n1[nH]c2c(C(=O)OC(c3ccccc3)c3ccccc3)cccc2c1=O. The maximum atomic E-state index is 13.5. The molecule has 0 aliphatic heterocycles. The van der Waals surface area contributed by atoms with E-state index in [1.807, 2.05) is 85.8 Å². The van der Waals surface area contributed by atoms with Crippen LogP contribution < -0.4 is 10.9 Å². The van der Waals surface area contributed by atoms with E-state index >= 15 is 0 Å². The van der Waals surface area contributed by atoms with Gasteiger partial charge in [0, 0.05) is 6.54 Å². The van der Waals surface area contributed by atoms with Gasteiger partial charge in [-0.25, -0.2) is 9.59 Å². The van der Waals surface area contributed by atoms with Crippen LogP contribution in [0, 0.1) is 6.92 Å². The summed E-state index contributed by atoms with van der Waals surface area (Å²) in [6.45, 7) is 6.47. The number of nitrogens with one attached hydrogen (secondary N) is 2. The molecule has 1 amide bonds. The average molecular weight is 534 g/mol. The first-order chi connectivity index (χ1) is 19.3. The van der Waals surface area contributed by atoms with Crippen LogP contribution in [0.3, 0.4) is 0 Å². The van der Waals surface area contributed by atoms with E-state index in [9.17, 15) is 14.4 Å². The Labute approximate surface area is 232 Å². The Kier molecular flexibility index (Phi) is 7.64. The van der Waals surface area contributed by atoms with E-state index in [4.69, 9.17) is 4.74 Å². The zero-order valence-electron chi connectivity index (χ0n) is 22.7. The predicted molar refractivity (Wildman–Crippen MR) is 156 cm³/mol. The first-order valence-corrected chi connectivity index (χ1v) is 13.3. The second-order valence-electron chi connectivity index (χ2n) is 10.0. The van der Waals surface area contributed by atoms with Gasteiger partial charge in [0.15, 0.2) is 6.10 Å². The molecule has 202 valence electrons. The van der Waals surface area contributed by atoms with Gasteiger partial charge >= 0.3 is 12.0 Å². The molecule has 0 atom stereocenters. The van der Waals surface area contributed by atoms with Crippen molar-refractivity contribution in [1.29, 1.82) is 0 Å². The topological polar surface area (TPSA) is 93.2 Å². The molecule has 0 radical (unpaired) electrons. The predicted octanol–water partition coefficient (Wildman–Crippen LogP) is 6.47. The molecule has 4 aromatic carbocycles. The Morgan fingerprint density at radius 2 is 1.48 bits per heavy atom. The molecule has 0 spiro atoms. The number of fused-ring (bicyclic) bond motifs is 1. The number of hydrogen-bond acceptors (Lipinski definition) is 4. The van der Waals surface area contributed by atoms with Crippen LogP contribution in [-0.4, -0.2) is 21.8 Å². The van der Waals surface area contributed by atoms with Gasteiger partial charge in [-0.15, -0.1) is 0 Å². The molecule has 1 heterocycles. The largest absolute Gasteiger partial charge is 0.449 e. The molecule has 0 bridgehead atoms. The number of amides is 1. The van der Waals surface area contributed by atoms with Crippen LogP contribution >= 0.6 is 0 Å². The number of rotatable bonds is 7. The molecule has 40 heavy (non-hydrogen) atoms. The molecule has 0 aliphatic carbocycles. The lowest BCUT2D eigenvalue weighted by molar-refractivity contribution is 0.0380. The van der Waals surface area contributed by atoms with Gasteiger partial charge in [0.25, 0.3) is 5.56 Å². The summed E-state index contributed by atoms with van der Waals surface area (Å²) in [5.41, 5.74) is 4.72. The lowest BCUT2D eigenvalue weighted by Gasteiger charge is -2.19. The van der Waals surface area contributed by atoms with Gasteiger partial charge in [-0.2, -0.15) is 4.68 Å². The van der Waals surface area contributed by atoms with E-state index in [-0.39, 0.29) is 28.9 Å². The summed E-state index contributed by atoms with van der Waals surface area (Å²) >= 11 is 0. The zero-order valence-corrected chi connectivity index (χ0v) is 22.7. The van der Waals surface area contributed by atoms with Gasteiger partial charge in [0.2, 0.25) is 0 Å². The van der Waals surface area contributed by atoms with Gasteiger partial charge in [-0.3, -0.25) is 9.89 Å². The van der Waals surface area contributed by atoms with Gasteiger partial charge in [0.1, 0.15) is 0 Å². The number of hydrogen-bond donors (Lipinski definition) is 2. The minimum atomic E-state index is -0.647. The molecule has 7 nitrogen and oxygen atoms in total. The fourth-order valence-corrected chi connectivity index (χ4v) is 4.95. The van der Waals surface area contributed by atoms with Gasteiger partial charge in [0.05, 0.1) is 16.5 Å². The van der Waals surface area contributed by atoms with Crippen molar-refractivity contribution < 1.29 is 14.3 Å². The highest BCUT2D eigenvalue weighted by molar-refractivity contribution is 6.03. The van der Waals surface area contributed by atoms with Crippen LogP contribution in [0.2, 0.25) is 0 Å². The number of H-pyrrole nitrogens is 1. The number of aromatic amines is 1. The molecule has 0 unspecified atom stereocenters. The fourth-order valence-electron chi connectivity index (χ4n) is 4.95. The normalized spacial score (nSPS) is 11.2. The van der Waals surface area contributed by atoms with Crippen LogP contribution in [0.4, 0.5) is 4.79 Å². The van der Waals surface area contributed by atoms with Crippen molar-refractivity contribution in [2.45, 2.75) is 39.3 Å². The van der Waals surface area contributed by atoms with E-state index in [0.717, 1.165) is 32.5 Å². The highest BCUT2D eigenvalue weighted by Gasteiger charge is 2.24. The smallest absolute Gasteiger partial charge is 0.343 e. The quantitative estimate of drug-likeness (QED) is 0.235.